The molecule has 2 rings (SSSR count). The first-order valence-corrected chi connectivity index (χ1v) is 2.99. The summed E-state index contributed by atoms with van der Waals surface area (Å²) in [6.45, 7) is 1.15. The number of nitrogens with one attached hydrogen (secondary N) is 1. The lowest BCUT2D eigenvalue weighted by atomic mass is 10.2. The van der Waals surface area contributed by atoms with Gasteiger partial charge in [0.15, 0.2) is 0 Å². The lowest BCUT2D eigenvalue weighted by Crippen LogP contribution is -2.47. The van der Waals surface area contributed by atoms with Crippen molar-refractivity contribution < 1.29 is 0 Å². The molecule has 2 heterocycles. The van der Waals surface area contributed by atoms with E-state index in [9.17, 15) is 0 Å². The molecular weight excluding hydrogens is 94.1 g/mol. The second kappa shape index (κ2) is 0.820. The highest BCUT2D eigenvalue weighted by molar-refractivity contribution is 8.04. The zero-order valence-electron chi connectivity index (χ0n) is 3.27. The summed E-state index contributed by atoms with van der Waals surface area (Å²) in [5, 5.41) is 6.20. The van der Waals surface area contributed by atoms with E-state index in [0.29, 0.717) is 0 Å². The molecule has 0 bridgehead atoms. The van der Waals surface area contributed by atoms with E-state index in [1.807, 2.05) is 11.8 Å². The molecule has 1 N–H and O–H groups in total. The van der Waals surface area contributed by atoms with Gasteiger partial charge < -0.3 is 0 Å². The van der Waals surface area contributed by atoms with Crippen LogP contribution in [-0.4, -0.2) is 11.9 Å². The Kier molecular flexibility index (Phi) is 0.424. The van der Waals surface area contributed by atoms with Crippen molar-refractivity contribution in [3.05, 3.63) is 11.0 Å². The summed E-state index contributed by atoms with van der Waals surface area (Å²) in [6, 6.07) is 0. The maximum Gasteiger partial charge on any atom is 0.0812 e. The Morgan fingerprint density at radius 2 is 2.83 bits per heavy atom. The molecule has 1 fully saturated rings. The van der Waals surface area contributed by atoms with Crippen molar-refractivity contribution in [3.8, 4) is 0 Å². The van der Waals surface area contributed by atoms with Crippen LogP contribution in [0.25, 0.3) is 0 Å². The van der Waals surface area contributed by atoms with E-state index >= 15 is 0 Å². The van der Waals surface area contributed by atoms with E-state index in [1.54, 1.807) is 5.57 Å². The molecule has 2 heteroatoms. The first-order valence-electron chi connectivity index (χ1n) is 2.04. The smallest absolute Gasteiger partial charge is 0.0812 e. The molecule has 0 amide bonds. The van der Waals surface area contributed by atoms with Crippen LogP contribution in [0.4, 0.5) is 0 Å². The minimum absolute atomic E-state index is 0.741. The highest BCUT2D eigenvalue weighted by Gasteiger charge is 2.29. The van der Waals surface area contributed by atoms with Crippen LogP contribution < -0.4 is 5.32 Å². The topological polar surface area (TPSA) is 12.0 Å². The average molecular weight is 99.2 g/mol. The summed E-state index contributed by atoms with van der Waals surface area (Å²) in [6.07, 6.45) is 0. The number of hydrogen-bond acceptors (Lipinski definition) is 2. The summed E-state index contributed by atoms with van der Waals surface area (Å²) < 4.78 is 0. The molecule has 1 saturated heterocycles. The Bertz CT molecular complexity index is 108. The summed E-state index contributed by atoms with van der Waals surface area (Å²) in [7, 11) is 0. The molecule has 0 aromatic carbocycles. The van der Waals surface area contributed by atoms with Gasteiger partial charge in [0.2, 0.25) is 0 Å². The van der Waals surface area contributed by atoms with Gasteiger partial charge in [-0.05, 0) is 11.0 Å². The van der Waals surface area contributed by atoms with Crippen LogP contribution in [0.15, 0.2) is 11.0 Å². The van der Waals surface area contributed by atoms with E-state index in [4.69, 9.17) is 0 Å². The van der Waals surface area contributed by atoms with Gasteiger partial charge in [-0.2, -0.15) is 0 Å². The van der Waals surface area contributed by atoms with Crippen LogP contribution in [0.3, 0.4) is 0 Å². The van der Waals surface area contributed by atoms with Crippen molar-refractivity contribution in [2.45, 2.75) is 5.37 Å². The van der Waals surface area contributed by atoms with Gasteiger partial charge in [-0.3, -0.25) is 5.32 Å². The second-order valence-electron chi connectivity index (χ2n) is 1.59. The number of fused-ring (bicyclic) bond motifs is 1. The Morgan fingerprint density at radius 3 is 2.83 bits per heavy atom. The third-order valence-electron chi connectivity index (χ3n) is 1.18. The molecule has 2 aliphatic rings. The van der Waals surface area contributed by atoms with Crippen LogP contribution in [0, 0.1) is 0 Å². The maximum atomic E-state index is 3.24. The van der Waals surface area contributed by atoms with E-state index in [2.05, 4.69) is 10.7 Å². The maximum absolute atomic E-state index is 3.24. The van der Waals surface area contributed by atoms with Gasteiger partial charge in [0.05, 0.1) is 5.37 Å². The summed E-state index contributed by atoms with van der Waals surface area (Å²) in [4.78, 5) is 0. The lowest BCUT2D eigenvalue weighted by molar-refractivity contribution is 0.616. The quantitative estimate of drug-likeness (QED) is 0.476. The largest absolute Gasteiger partial charge is 0.298 e. The highest BCUT2D eigenvalue weighted by Crippen LogP contribution is 2.35. The molecule has 0 saturated carbocycles. The molecule has 0 spiro atoms. The van der Waals surface area contributed by atoms with E-state index in [0.717, 1.165) is 11.9 Å². The van der Waals surface area contributed by atoms with Gasteiger partial charge in [0, 0.05) is 6.54 Å². The van der Waals surface area contributed by atoms with Gasteiger partial charge in [0.25, 0.3) is 0 Å². The number of rotatable bonds is 0. The molecule has 1 nitrogen and oxygen atoms in total. The van der Waals surface area contributed by atoms with Crippen molar-refractivity contribution in [1.82, 2.24) is 5.32 Å². The first kappa shape index (κ1) is 3.10. The number of thioether (sulfide) groups is 1. The lowest BCUT2D eigenvalue weighted by Gasteiger charge is -2.36. The van der Waals surface area contributed by atoms with Gasteiger partial charge in [-0.25, -0.2) is 0 Å². The van der Waals surface area contributed by atoms with Crippen molar-refractivity contribution in [2.24, 2.45) is 0 Å². The Balaban J connectivity index is 2.30. The van der Waals surface area contributed by atoms with Crippen molar-refractivity contribution in [3.63, 3.8) is 0 Å². The Morgan fingerprint density at radius 1 is 2.00 bits per heavy atom. The molecule has 0 radical (unpaired) electrons. The van der Waals surface area contributed by atoms with Gasteiger partial charge >= 0.3 is 0 Å². The standard InChI is InChI=1S/C4H5NS/c1-3-2-6-4(3)5-1/h2,4-5H,1H2. The molecule has 1 atom stereocenters. The van der Waals surface area contributed by atoms with Crippen LogP contribution in [0.2, 0.25) is 0 Å². The first-order chi connectivity index (χ1) is 2.97. The zero-order chi connectivity index (χ0) is 3.98. The molecule has 0 aliphatic carbocycles. The minimum atomic E-state index is 0.741. The fourth-order valence-corrected chi connectivity index (χ4v) is 1.44. The Labute approximate surface area is 40.8 Å². The molecule has 0 aromatic rings. The molecule has 32 valence electrons. The molecule has 6 heavy (non-hydrogen) atoms. The van der Waals surface area contributed by atoms with E-state index < -0.39 is 0 Å². The summed E-state index contributed by atoms with van der Waals surface area (Å²) in [5.74, 6) is 0. The van der Waals surface area contributed by atoms with E-state index in [-0.39, 0.29) is 0 Å². The minimum Gasteiger partial charge on any atom is -0.298 e. The highest BCUT2D eigenvalue weighted by atomic mass is 32.2. The van der Waals surface area contributed by atoms with E-state index in [1.165, 1.54) is 0 Å². The summed E-state index contributed by atoms with van der Waals surface area (Å²) >= 11 is 1.88. The third-order valence-corrected chi connectivity index (χ3v) is 2.36. The van der Waals surface area contributed by atoms with Crippen LogP contribution in [-0.2, 0) is 0 Å². The van der Waals surface area contributed by atoms with Gasteiger partial charge in [0.1, 0.15) is 0 Å². The van der Waals surface area contributed by atoms with Crippen molar-refractivity contribution in [2.75, 3.05) is 6.54 Å². The monoisotopic (exact) mass is 99.0 g/mol. The third kappa shape index (κ3) is 0.191. The fraction of sp³-hybridized carbons (Fsp3) is 0.500. The predicted octanol–water partition coefficient (Wildman–Crippen LogP) is 0.546. The van der Waals surface area contributed by atoms with Gasteiger partial charge in [-0.15, -0.1) is 11.8 Å². The van der Waals surface area contributed by atoms with Crippen molar-refractivity contribution in [1.29, 1.82) is 0 Å². The molecular formula is C4H5NS. The average Bonchev–Trinajstić information content (AvgIpc) is 1.54. The SMILES string of the molecule is C1=C2CNC2S1. The zero-order valence-corrected chi connectivity index (χ0v) is 4.09. The van der Waals surface area contributed by atoms with Crippen LogP contribution in [0.5, 0.6) is 0 Å². The van der Waals surface area contributed by atoms with Crippen LogP contribution in [0.1, 0.15) is 0 Å². The normalized spacial score (nSPS) is 38.7. The molecule has 0 aromatic heterocycles. The van der Waals surface area contributed by atoms with Gasteiger partial charge in [-0.1, -0.05) is 0 Å². The summed E-state index contributed by atoms with van der Waals surface area (Å²) in [5.41, 5.74) is 1.60. The second-order valence-corrected chi connectivity index (χ2v) is 2.57. The predicted molar refractivity (Wildman–Crippen MR) is 27.5 cm³/mol. The number of hydrogen-bond donors (Lipinski definition) is 1. The molecule has 1 unspecified atom stereocenters. The van der Waals surface area contributed by atoms with Crippen LogP contribution >= 0.6 is 11.8 Å². The molecule has 2 aliphatic heterocycles. The Hall–Kier alpha value is 0.0500. The fourth-order valence-electron chi connectivity index (χ4n) is 0.625. The van der Waals surface area contributed by atoms with Crippen molar-refractivity contribution >= 4 is 11.8 Å².